The first-order chi connectivity index (χ1) is 9.58. The van der Waals surface area contributed by atoms with Gasteiger partial charge in [0.2, 0.25) is 0 Å². The smallest absolute Gasteiger partial charge is 0.120 e. The van der Waals surface area contributed by atoms with Gasteiger partial charge in [0, 0.05) is 28.8 Å². The molecule has 0 amide bonds. The van der Waals surface area contributed by atoms with Gasteiger partial charge in [-0.2, -0.15) is 5.10 Å². The Labute approximate surface area is 128 Å². The van der Waals surface area contributed by atoms with Gasteiger partial charge in [-0.3, -0.25) is 4.68 Å². The maximum absolute atomic E-state index is 5.85. The number of aromatic nitrogens is 2. The Kier molecular flexibility index (Phi) is 5.20. The van der Waals surface area contributed by atoms with Crippen molar-refractivity contribution in [3.63, 3.8) is 0 Å². The summed E-state index contributed by atoms with van der Waals surface area (Å²) in [7, 11) is 0. The summed E-state index contributed by atoms with van der Waals surface area (Å²) in [6.45, 7) is 5.46. The molecule has 0 aliphatic carbocycles. The normalized spacial score (nSPS) is 12.4. The average Bonchev–Trinajstić information content (AvgIpc) is 2.87. The number of halogens is 1. The Morgan fingerprint density at radius 1 is 1.45 bits per heavy atom. The van der Waals surface area contributed by atoms with Crippen LogP contribution in [0.2, 0.25) is 0 Å². The summed E-state index contributed by atoms with van der Waals surface area (Å²) in [6, 6.07) is 6.13. The van der Waals surface area contributed by atoms with Crippen molar-refractivity contribution in [2.75, 3.05) is 0 Å². The van der Waals surface area contributed by atoms with Crippen molar-refractivity contribution in [3.8, 4) is 5.75 Å². The predicted octanol–water partition coefficient (Wildman–Crippen LogP) is 3.13. The zero-order chi connectivity index (χ0) is 14.5. The van der Waals surface area contributed by atoms with Gasteiger partial charge in [-0.1, -0.05) is 15.9 Å². The minimum absolute atomic E-state index is 0.129. The second-order valence-corrected chi connectivity index (χ2v) is 5.78. The van der Waals surface area contributed by atoms with Crippen molar-refractivity contribution >= 4 is 15.9 Å². The SMILES string of the molecule is CCn1cc(COc2ccc(Br)c(CC(C)N)c2)cn1. The fourth-order valence-corrected chi connectivity index (χ4v) is 2.37. The highest BCUT2D eigenvalue weighted by Gasteiger charge is 2.06. The number of ether oxygens (including phenoxy) is 1. The maximum Gasteiger partial charge on any atom is 0.120 e. The van der Waals surface area contributed by atoms with E-state index in [0.29, 0.717) is 6.61 Å². The molecular formula is C15H20BrN3O. The van der Waals surface area contributed by atoms with E-state index >= 15 is 0 Å². The first kappa shape index (κ1) is 15.1. The molecular weight excluding hydrogens is 318 g/mol. The molecule has 0 radical (unpaired) electrons. The monoisotopic (exact) mass is 337 g/mol. The largest absolute Gasteiger partial charge is 0.489 e. The van der Waals surface area contributed by atoms with E-state index in [4.69, 9.17) is 10.5 Å². The molecule has 1 heterocycles. The Bertz CT molecular complexity index is 566. The first-order valence-electron chi connectivity index (χ1n) is 6.76. The molecule has 1 aromatic carbocycles. The number of aryl methyl sites for hydroxylation is 1. The molecule has 0 saturated carbocycles. The number of hydrogen-bond donors (Lipinski definition) is 1. The molecule has 4 nitrogen and oxygen atoms in total. The molecule has 5 heteroatoms. The molecule has 0 saturated heterocycles. The van der Waals surface area contributed by atoms with E-state index in [2.05, 4.69) is 28.0 Å². The van der Waals surface area contributed by atoms with Crippen LogP contribution in [0.5, 0.6) is 5.75 Å². The van der Waals surface area contributed by atoms with E-state index in [1.54, 1.807) is 0 Å². The first-order valence-corrected chi connectivity index (χ1v) is 7.56. The van der Waals surface area contributed by atoms with Crippen molar-refractivity contribution in [1.29, 1.82) is 0 Å². The highest BCUT2D eigenvalue weighted by atomic mass is 79.9. The van der Waals surface area contributed by atoms with Crippen LogP contribution in [-0.4, -0.2) is 15.8 Å². The minimum atomic E-state index is 0.129. The van der Waals surface area contributed by atoms with Crippen LogP contribution in [0, 0.1) is 0 Å². The summed E-state index contributed by atoms with van der Waals surface area (Å²) in [6.07, 6.45) is 4.67. The lowest BCUT2D eigenvalue weighted by molar-refractivity contribution is 0.305. The standard InChI is InChI=1S/C15H20BrN3O/c1-3-19-9-12(8-18-19)10-20-14-4-5-15(16)13(7-14)6-11(2)17/h4-5,7-9,11H,3,6,10,17H2,1-2H3. The molecule has 0 aliphatic rings. The van der Waals surface area contributed by atoms with E-state index in [1.165, 1.54) is 5.56 Å². The number of rotatable bonds is 6. The van der Waals surface area contributed by atoms with Crippen molar-refractivity contribution in [2.24, 2.45) is 5.73 Å². The van der Waals surface area contributed by atoms with Crippen LogP contribution >= 0.6 is 15.9 Å². The van der Waals surface area contributed by atoms with Crippen LogP contribution in [0.25, 0.3) is 0 Å². The van der Waals surface area contributed by atoms with Gasteiger partial charge in [-0.15, -0.1) is 0 Å². The highest BCUT2D eigenvalue weighted by molar-refractivity contribution is 9.10. The summed E-state index contributed by atoms with van der Waals surface area (Å²) >= 11 is 3.54. The van der Waals surface area contributed by atoms with Gasteiger partial charge in [-0.05, 0) is 44.0 Å². The predicted molar refractivity (Wildman–Crippen MR) is 83.7 cm³/mol. The molecule has 1 unspecified atom stereocenters. The quantitative estimate of drug-likeness (QED) is 0.880. The Balaban J connectivity index is 2.02. The molecule has 0 bridgehead atoms. The van der Waals surface area contributed by atoms with E-state index < -0.39 is 0 Å². The van der Waals surface area contributed by atoms with Crippen molar-refractivity contribution in [1.82, 2.24) is 9.78 Å². The molecule has 2 aromatic rings. The molecule has 0 spiro atoms. The fourth-order valence-electron chi connectivity index (χ4n) is 1.96. The van der Waals surface area contributed by atoms with E-state index in [9.17, 15) is 0 Å². The van der Waals surface area contributed by atoms with Gasteiger partial charge in [0.05, 0.1) is 6.20 Å². The van der Waals surface area contributed by atoms with Gasteiger partial charge in [-0.25, -0.2) is 0 Å². The van der Waals surface area contributed by atoms with E-state index in [-0.39, 0.29) is 6.04 Å². The van der Waals surface area contributed by atoms with Crippen molar-refractivity contribution in [2.45, 2.75) is 39.5 Å². The average molecular weight is 338 g/mol. The van der Waals surface area contributed by atoms with Gasteiger partial charge >= 0.3 is 0 Å². The third-order valence-corrected chi connectivity index (χ3v) is 3.75. The third kappa shape index (κ3) is 4.08. The Morgan fingerprint density at radius 3 is 2.90 bits per heavy atom. The number of benzene rings is 1. The second-order valence-electron chi connectivity index (χ2n) is 4.93. The van der Waals surface area contributed by atoms with Crippen molar-refractivity contribution < 1.29 is 4.74 Å². The van der Waals surface area contributed by atoms with Crippen LogP contribution < -0.4 is 10.5 Å². The van der Waals surface area contributed by atoms with Gasteiger partial charge in [0.15, 0.2) is 0 Å². The Hall–Kier alpha value is -1.33. The summed E-state index contributed by atoms with van der Waals surface area (Å²) in [5, 5.41) is 4.23. The van der Waals surface area contributed by atoms with Crippen LogP contribution in [0.3, 0.4) is 0 Å². The molecule has 1 aromatic heterocycles. The van der Waals surface area contributed by atoms with E-state index in [0.717, 1.165) is 28.8 Å². The zero-order valence-corrected chi connectivity index (χ0v) is 13.4. The third-order valence-electron chi connectivity index (χ3n) is 2.98. The molecule has 108 valence electrons. The summed E-state index contributed by atoms with van der Waals surface area (Å²) in [5.74, 6) is 0.855. The van der Waals surface area contributed by atoms with Crippen LogP contribution in [-0.2, 0) is 19.6 Å². The zero-order valence-electron chi connectivity index (χ0n) is 11.8. The molecule has 2 rings (SSSR count). The van der Waals surface area contributed by atoms with Crippen LogP contribution in [0.1, 0.15) is 25.0 Å². The molecule has 1 atom stereocenters. The van der Waals surface area contributed by atoms with Crippen LogP contribution in [0.15, 0.2) is 35.1 Å². The van der Waals surface area contributed by atoms with E-state index in [1.807, 2.05) is 42.2 Å². The molecule has 20 heavy (non-hydrogen) atoms. The topological polar surface area (TPSA) is 53.1 Å². The second kappa shape index (κ2) is 6.90. The minimum Gasteiger partial charge on any atom is -0.489 e. The number of nitrogens with two attached hydrogens (primary N) is 1. The number of hydrogen-bond acceptors (Lipinski definition) is 3. The lowest BCUT2D eigenvalue weighted by atomic mass is 10.1. The van der Waals surface area contributed by atoms with Gasteiger partial charge in [0.1, 0.15) is 12.4 Å². The van der Waals surface area contributed by atoms with Gasteiger partial charge in [0.25, 0.3) is 0 Å². The molecule has 2 N–H and O–H groups in total. The highest BCUT2D eigenvalue weighted by Crippen LogP contribution is 2.24. The van der Waals surface area contributed by atoms with Crippen molar-refractivity contribution in [3.05, 3.63) is 46.2 Å². The lowest BCUT2D eigenvalue weighted by Gasteiger charge is -2.11. The summed E-state index contributed by atoms with van der Waals surface area (Å²) in [4.78, 5) is 0. The molecule has 0 aliphatic heterocycles. The fraction of sp³-hybridized carbons (Fsp3) is 0.400. The number of nitrogens with zero attached hydrogens (tertiary/aromatic N) is 2. The summed E-state index contributed by atoms with van der Waals surface area (Å²) in [5.41, 5.74) is 8.09. The maximum atomic E-state index is 5.85. The molecule has 0 fully saturated rings. The van der Waals surface area contributed by atoms with Gasteiger partial charge < -0.3 is 10.5 Å². The van der Waals surface area contributed by atoms with Crippen LogP contribution in [0.4, 0.5) is 0 Å². The Morgan fingerprint density at radius 2 is 2.25 bits per heavy atom. The lowest BCUT2D eigenvalue weighted by Crippen LogP contribution is -2.18. The summed E-state index contributed by atoms with van der Waals surface area (Å²) < 4.78 is 8.77.